The van der Waals surface area contributed by atoms with Crippen LogP contribution in [0, 0.1) is 24.2 Å². The zero-order valence-corrected chi connectivity index (χ0v) is 18.8. The zero-order valence-electron chi connectivity index (χ0n) is 18.0. The van der Waals surface area contributed by atoms with E-state index in [9.17, 15) is 9.59 Å². The Balaban J connectivity index is 1.58. The van der Waals surface area contributed by atoms with Crippen molar-refractivity contribution >= 4 is 35.0 Å². The van der Waals surface area contributed by atoms with Crippen LogP contribution in [0.5, 0.6) is 0 Å². The molecule has 7 heteroatoms. The number of hydrogen-bond donors (Lipinski definition) is 2. The summed E-state index contributed by atoms with van der Waals surface area (Å²) in [7, 11) is 0. The number of nitrogens with one attached hydrogen (secondary N) is 2. The van der Waals surface area contributed by atoms with E-state index in [1.165, 1.54) is 18.2 Å². The maximum atomic E-state index is 12.8. The number of thioether (sulfide) groups is 1. The lowest BCUT2D eigenvalue weighted by Gasteiger charge is -2.31. The lowest BCUT2D eigenvalue weighted by molar-refractivity contribution is -0.114. The molecule has 0 aliphatic carbocycles. The summed E-state index contributed by atoms with van der Waals surface area (Å²) < 4.78 is 0. The van der Waals surface area contributed by atoms with Gasteiger partial charge in [0, 0.05) is 29.2 Å². The molecule has 1 atom stereocenters. The second-order valence-corrected chi connectivity index (χ2v) is 8.89. The molecule has 0 radical (unpaired) electrons. The van der Waals surface area contributed by atoms with Gasteiger partial charge in [-0.25, -0.2) is 0 Å². The van der Waals surface area contributed by atoms with Gasteiger partial charge in [0.15, 0.2) is 0 Å². The molecule has 2 amide bonds. The minimum absolute atomic E-state index is 0.0745. The molecule has 2 aromatic rings. The number of hydrogen-bond acceptors (Lipinski definition) is 5. The third-order valence-electron chi connectivity index (χ3n) is 5.31. The summed E-state index contributed by atoms with van der Waals surface area (Å²) in [6, 6.07) is 15.1. The molecule has 2 aromatic carbocycles. The van der Waals surface area contributed by atoms with Crippen molar-refractivity contribution in [2.45, 2.75) is 31.6 Å². The number of amides is 2. The van der Waals surface area contributed by atoms with E-state index in [2.05, 4.69) is 23.6 Å². The Morgan fingerprint density at radius 3 is 2.77 bits per heavy atom. The average molecular weight is 437 g/mol. The minimum Gasteiger partial charge on any atom is -0.376 e. The highest BCUT2D eigenvalue weighted by Gasteiger charge is 2.22. The van der Waals surface area contributed by atoms with Crippen molar-refractivity contribution in [1.29, 1.82) is 5.26 Å². The Morgan fingerprint density at radius 1 is 1.23 bits per heavy atom. The molecule has 1 aliphatic heterocycles. The van der Waals surface area contributed by atoms with Crippen LogP contribution in [0.3, 0.4) is 0 Å². The summed E-state index contributed by atoms with van der Waals surface area (Å²) in [5.41, 5.74) is 3.13. The quantitative estimate of drug-likeness (QED) is 0.623. The number of rotatable bonds is 7. The number of benzene rings is 2. The van der Waals surface area contributed by atoms with Crippen molar-refractivity contribution in [3.8, 4) is 6.07 Å². The van der Waals surface area contributed by atoms with E-state index in [-0.39, 0.29) is 18.4 Å². The van der Waals surface area contributed by atoms with E-state index in [0.29, 0.717) is 22.9 Å². The van der Waals surface area contributed by atoms with Crippen molar-refractivity contribution in [2.24, 2.45) is 5.92 Å². The largest absolute Gasteiger partial charge is 0.376 e. The second-order valence-electron chi connectivity index (χ2n) is 7.87. The van der Waals surface area contributed by atoms with Gasteiger partial charge < -0.3 is 15.5 Å². The van der Waals surface area contributed by atoms with E-state index in [1.807, 2.05) is 54.3 Å². The molecular formula is C24H28N4O2S. The van der Waals surface area contributed by atoms with Crippen LogP contribution in [0.15, 0.2) is 47.4 Å². The average Bonchev–Trinajstić information content (AvgIpc) is 2.77. The number of carbonyl (C=O) groups is 2. The second kappa shape index (κ2) is 10.9. The lowest BCUT2D eigenvalue weighted by Crippen LogP contribution is -2.39. The Kier molecular flexibility index (Phi) is 7.96. The van der Waals surface area contributed by atoms with Crippen molar-refractivity contribution in [2.75, 3.05) is 36.0 Å². The molecule has 162 valence electrons. The predicted octanol–water partition coefficient (Wildman–Crippen LogP) is 4.53. The highest BCUT2D eigenvalue weighted by atomic mass is 32.2. The molecule has 3 rings (SSSR count). The van der Waals surface area contributed by atoms with Crippen molar-refractivity contribution in [3.63, 3.8) is 0 Å². The van der Waals surface area contributed by atoms with Gasteiger partial charge in [0.25, 0.3) is 5.91 Å². The third kappa shape index (κ3) is 6.25. The van der Waals surface area contributed by atoms with Crippen molar-refractivity contribution in [3.05, 3.63) is 53.6 Å². The normalized spacial score (nSPS) is 15.8. The van der Waals surface area contributed by atoms with Gasteiger partial charge in [-0.2, -0.15) is 5.26 Å². The Bertz CT molecular complexity index is 986. The SMILES string of the molecule is Cc1cc(C(=O)N2CCCC(C)C2)ccc1NCC(=O)Nc1ccccc1SCC#N. The molecule has 1 fully saturated rings. The monoisotopic (exact) mass is 436 g/mol. The summed E-state index contributed by atoms with van der Waals surface area (Å²) in [6.07, 6.45) is 2.23. The maximum Gasteiger partial charge on any atom is 0.253 e. The van der Waals surface area contributed by atoms with Crippen molar-refractivity contribution in [1.82, 2.24) is 4.90 Å². The maximum absolute atomic E-state index is 12.8. The van der Waals surface area contributed by atoms with E-state index in [0.717, 1.165) is 35.7 Å². The predicted molar refractivity (Wildman–Crippen MR) is 125 cm³/mol. The molecule has 2 N–H and O–H groups in total. The molecule has 1 saturated heterocycles. The highest BCUT2D eigenvalue weighted by Crippen LogP contribution is 2.26. The number of nitrogens with zero attached hydrogens (tertiary/aromatic N) is 2. The van der Waals surface area contributed by atoms with Crippen LogP contribution in [0.4, 0.5) is 11.4 Å². The standard InChI is InChI=1S/C24H28N4O2S/c1-17-6-5-12-28(16-17)24(30)19-9-10-20(18(2)14-19)26-15-23(29)27-21-7-3-4-8-22(21)31-13-11-25/h3-4,7-10,14,17,26H,5-6,12-13,15-16H2,1-2H3,(H,27,29). The number of likely N-dealkylation sites (tertiary alicyclic amines) is 1. The number of carbonyl (C=O) groups excluding carboxylic acids is 2. The van der Waals surface area contributed by atoms with Gasteiger partial charge in [-0.3, -0.25) is 9.59 Å². The van der Waals surface area contributed by atoms with Gasteiger partial charge in [-0.05, 0) is 61.6 Å². The first kappa shape index (κ1) is 22.7. The number of aryl methyl sites for hydroxylation is 1. The molecule has 0 spiro atoms. The van der Waals surface area contributed by atoms with Gasteiger partial charge in [0.2, 0.25) is 5.91 Å². The molecule has 1 heterocycles. The van der Waals surface area contributed by atoms with Gasteiger partial charge >= 0.3 is 0 Å². The van der Waals surface area contributed by atoms with Crippen LogP contribution < -0.4 is 10.6 Å². The Morgan fingerprint density at radius 2 is 2.03 bits per heavy atom. The smallest absolute Gasteiger partial charge is 0.253 e. The number of para-hydroxylation sites is 1. The topological polar surface area (TPSA) is 85.2 Å². The lowest BCUT2D eigenvalue weighted by atomic mass is 9.99. The summed E-state index contributed by atoms with van der Waals surface area (Å²) in [4.78, 5) is 28.0. The highest BCUT2D eigenvalue weighted by molar-refractivity contribution is 7.99. The van der Waals surface area contributed by atoms with Gasteiger partial charge in [-0.15, -0.1) is 11.8 Å². The Hall–Kier alpha value is -2.98. The minimum atomic E-state index is -0.174. The van der Waals surface area contributed by atoms with Gasteiger partial charge in [0.1, 0.15) is 0 Å². The fourth-order valence-corrected chi connectivity index (χ4v) is 4.40. The van der Waals surface area contributed by atoms with Crippen LogP contribution in [-0.2, 0) is 4.79 Å². The van der Waals surface area contributed by atoms with Gasteiger partial charge in [0.05, 0.1) is 24.1 Å². The molecule has 31 heavy (non-hydrogen) atoms. The fourth-order valence-electron chi connectivity index (χ4n) is 3.73. The van der Waals surface area contributed by atoms with Crippen molar-refractivity contribution < 1.29 is 9.59 Å². The first-order valence-corrected chi connectivity index (χ1v) is 11.5. The molecule has 1 unspecified atom stereocenters. The molecule has 0 bridgehead atoms. The van der Waals surface area contributed by atoms with Crippen LogP contribution in [-0.4, -0.2) is 42.1 Å². The Labute approximate surface area is 188 Å². The summed E-state index contributed by atoms with van der Waals surface area (Å²) >= 11 is 1.39. The summed E-state index contributed by atoms with van der Waals surface area (Å²) in [6.45, 7) is 5.85. The van der Waals surface area contributed by atoms with Crippen LogP contribution in [0.1, 0.15) is 35.7 Å². The van der Waals surface area contributed by atoms with Crippen LogP contribution >= 0.6 is 11.8 Å². The van der Waals surface area contributed by atoms with Crippen LogP contribution in [0.25, 0.3) is 0 Å². The summed E-state index contributed by atoms with van der Waals surface area (Å²) in [5.74, 6) is 0.769. The first-order chi connectivity index (χ1) is 15.0. The number of anilines is 2. The first-order valence-electron chi connectivity index (χ1n) is 10.5. The zero-order chi connectivity index (χ0) is 22.2. The molecule has 1 aliphatic rings. The van der Waals surface area contributed by atoms with Crippen LogP contribution in [0.2, 0.25) is 0 Å². The fraction of sp³-hybridized carbons (Fsp3) is 0.375. The number of piperidine rings is 1. The molecule has 0 aromatic heterocycles. The molecule has 0 saturated carbocycles. The third-order valence-corrected chi connectivity index (χ3v) is 6.25. The van der Waals surface area contributed by atoms with Gasteiger partial charge in [-0.1, -0.05) is 19.1 Å². The molecule has 6 nitrogen and oxygen atoms in total. The van der Waals surface area contributed by atoms with E-state index >= 15 is 0 Å². The molecular weight excluding hydrogens is 408 g/mol. The number of nitriles is 1. The summed E-state index contributed by atoms with van der Waals surface area (Å²) in [5, 5.41) is 14.8. The van der Waals surface area contributed by atoms with E-state index in [1.54, 1.807) is 0 Å². The van der Waals surface area contributed by atoms with E-state index in [4.69, 9.17) is 5.26 Å². The van der Waals surface area contributed by atoms with E-state index < -0.39 is 0 Å².